The SMILES string of the molecule is C[C@]1(C(=O)NC2[C@@H]3CC4C[C@H]2CC(O)(C4)C3)CCCN1S(=O)(=O)c1cccs1. The number of hydrogen-bond acceptors (Lipinski definition) is 5. The van der Waals surface area contributed by atoms with Gasteiger partial charge in [-0.15, -0.1) is 11.3 Å². The van der Waals surface area contributed by atoms with E-state index in [1.54, 1.807) is 24.4 Å². The average Bonchev–Trinajstić information content (AvgIpc) is 3.27. The van der Waals surface area contributed by atoms with Crippen molar-refractivity contribution >= 4 is 27.3 Å². The molecule has 2 N–H and O–H groups in total. The Morgan fingerprint density at radius 1 is 1.29 bits per heavy atom. The second-order valence-electron chi connectivity index (χ2n) is 9.58. The minimum absolute atomic E-state index is 0.0630. The molecule has 1 aromatic heterocycles. The quantitative estimate of drug-likeness (QED) is 0.777. The summed E-state index contributed by atoms with van der Waals surface area (Å²) in [5.74, 6) is 1.03. The van der Waals surface area contributed by atoms with Crippen molar-refractivity contribution in [1.29, 1.82) is 0 Å². The van der Waals surface area contributed by atoms with Crippen molar-refractivity contribution < 1.29 is 18.3 Å². The molecule has 4 aliphatic carbocycles. The molecular formula is C20H28N2O4S2. The average molecular weight is 425 g/mol. The molecule has 6 rings (SSSR count). The van der Waals surface area contributed by atoms with E-state index in [1.807, 2.05) is 0 Å². The lowest BCUT2D eigenvalue weighted by atomic mass is 9.52. The van der Waals surface area contributed by atoms with E-state index >= 15 is 0 Å². The van der Waals surface area contributed by atoms with E-state index in [4.69, 9.17) is 0 Å². The first kappa shape index (κ1) is 19.0. The molecule has 4 saturated carbocycles. The van der Waals surface area contributed by atoms with Crippen LogP contribution in [-0.4, -0.2) is 47.5 Å². The number of aliphatic hydroxyl groups is 1. The molecule has 154 valence electrons. The molecule has 1 amide bonds. The minimum atomic E-state index is -3.67. The second-order valence-corrected chi connectivity index (χ2v) is 12.6. The van der Waals surface area contributed by atoms with Crippen LogP contribution in [0.1, 0.15) is 51.9 Å². The Morgan fingerprint density at radius 3 is 2.61 bits per heavy atom. The summed E-state index contributed by atoms with van der Waals surface area (Å²) in [6.07, 6.45) is 5.80. The molecule has 3 unspecified atom stereocenters. The van der Waals surface area contributed by atoms with Crippen LogP contribution in [0.15, 0.2) is 21.7 Å². The molecule has 5 aliphatic rings. The number of amides is 1. The maximum Gasteiger partial charge on any atom is 0.253 e. The number of nitrogens with one attached hydrogen (secondary N) is 1. The monoisotopic (exact) mass is 424 g/mol. The van der Waals surface area contributed by atoms with Crippen molar-refractivity contribution in [2.24, 2.45) is 17.8 Å². The van der Waals surface area contributed by atoms with Gasteiger partial charge in [0, 0.05) is 12.6 Å². The molecule has 1 saturated heterocycles. The standard InChI is InChI=1S/C20H28N2O4S2/c1-19(5-3-6-22(19)28(25,26)16-4-2-7-27-16)18(23)21-17-14-8-13-9-15(17)12-20(24,10-13)11-14/h2,4,7,13-15,17,24H,3,5-6,8-12H2,1H3,(H,21,23)/t13?,14-,15+,17?,19-,20?/m1/s1. The van der Waals surface area contributed by atoms with E-state index in [0.29, 0.717) is 41.3 Å². The first-order chi connectivity index (χ1) is 13.2. The zero-order valence-corrected chi connectivity index (χ0v) is 17.8. The number of hydrogen-bond donors (Lipinski definition) is 2. The maximum absolute atomic E-state index is 13.4. The maximum atomic E-state index is 13.4. The summed E-state index contributed by atoms with van der Waals surface area (Å²) >= 11 is 1.19. The third-order valence-corrected chi connectivity index (χ3v) is 11.0. The second kappa shape index (κ2) is 6.27. The molecule has 0 radical (unpaired) electrons. The van der Waals surface area contributed by atoms with Crippen molar-refractivity contribution in [2.75, 3.05) is 6.54 Å². The van der Waals surface area contributed by atoms with Gasteiger partial charge in [-0.25, -0.2) is 8.42 Å². The van der Waals surface area contributed by atoms with E-state index in [0.717, 1.165) is 32.1 Å². The van der Waals surface area contributed by atoms with Gasteiger partial charge in [-0.05, 0) is 81.1 Å². The highest BCUT2D eigenvalue weighted by molar-refractivity contribution is 7.91. The summed E-state index contributed by atoms with van der Waals surface area (Å²) in [4.78, 5) is 13.4. The van der Waals surface area contributed by atoms with E-state index in [1.165, 1.54) is 15.6 Å². The molecule has 1 aromatic rings. The fraction of sp³-hybridized carbons (Fsp3) is 0.750. The van der Waals surface area contributed by atoms with E-state index < -0.39 is 21.2 Å². The number of carbonyl (C=O) groups is 1. The van der Waals surface area contributed by atoms with Crippen LogP contribution < -0.4 is 5.32 Å². The first-order valence-electron chi connectivity index (χ1n) is 10.3. The molecule has 2 heterocycles. The Hall–Kier alpha value is -0.960. The van der Waals surface area contributed by atoms with Crippen LogP contribution in [0.5, 0.6) is 0 Å². The van der Waals surface area contributed by atoms with Gasteiger partial charge in [0.2, 0.25) is 5.91 Å². The Labute approximate surface area is 170 Å². The largest absolute Gasteiger partial charge is 0.390 e. The van der Waals surface area contributed by atoms with Gasteiger partial charge < -0.3 is 10.4 Å². The van der Waals surface area contributed by atoms with Gasteiger partial charge in [-0.1, -0.05) is 6.07 Å². The zero-order chi connectivity index (χ0) is 19.7. The van der Waals surface area contributed by atoms with Gasteiger partial charge >= 0.3 is 0 Å². The highest BCUT2D eigenvalue weighted by Crippen LogP contribution is 2.55. The first-order valence-corrected chi connectivity index (χ1v) is 12.6. The van der Waals surface area contributed by atoms with Gasteiger partial charge in [0.25, 0.3) is 10.0 Å². The lowest BCUT2D eigenvalue weighted by Gasteiger charge is -2.58. The summed E-state index contributed by atoms with van der Waals surface area (Å²) in [7, 11) is -3.67. The Bertz CT molecular complexity index is 868. The fourth-order valence-electron chi connectivity index (χ4n) is 6.59. The van der Waals surface area contributed by atoms with Crippen molar-refractivity contribution in [2.45, 2.75) is 73.3 Å². The molecule has 28 heavy (non-hydrogen) atoms. The van der Waals surface area contributed by atoms with Crippen LogP contribution in [0.3, 0.4) is 0 Å². The number of sulfonamides is 1. The van der Waals surface area contributed by atoms with Crippen LogP contribution in [0.2, 0.25) is 0 Å². The van der Waals surface area contributed by atoms with Gasteiger partial charge in [0.05, 0.1) is 5.60 Å². The molecule has 1 aliphatic heterocycles. The smallest absolute Gasteiger partial charge is 0.253 e. The Balaban J connectivity index is 1.37. The molecule has 6 atom stereocenters. The number of rotatable bonds is 4. The summed E-state index contributed by atoms with van der Waals surface area (Å²) in [6.45, 7) is 2.15. The van der Waals surface area contributed by atoms with Crippen molar-refractivity contribution in [1.82, 2.24) is 9.62 Å². The normalized spacial score (nSPS) is 42.8. The zero-order valence-electron chi connectivity index (χ0n) is 16.1. The third-order valence-electron chi connectivity index (χ3n) is 7.64. The Morgan fingerprint density at radius 2 is 2.00 bits per heavy atom. The predicted molar refractivity (Wildman–Crippen MR) is 106 cm³/mol. The molecule has 8 heteroatoms. The van der Waals surface area contributed by atoms with Crippen LogP contribution in [0, 0.1) is 17.8 Å². The van der Waals surface area contributed by atoms with Crippen LogP contribution in [0.4, 0.5) is 0 Å². The van der Waals surface area contributed by atoms with E-state index in [9.17, 15) is 18.3 Å². The van der Waals surface area contributed by atoms with Crippen molar-refractivity contribution in [3.8, 4) is 0 Å². The predicted octanol–water partition coefficient (Wildman–Crippen LogP) is 2.35. The molecule has 5 fully saturated rings. The van der Waals surface area contributed by atoms with Gasteiger partial charge in [0.15, 0.2) is 0 Å². The fourth-order valence-corrected chi connectivity index (χ4v) is 9.51. The van der Waals surface area contributed by atoms with Crippen LogP contribution in [-0.2, 0) is 14.8 Å². The highest BCUT2D eigenvalue weighted by Gasteiger charge is 2.57. The summed E-state index contributed by atoms with van der Waals surface area (Å²) < 4.78 is 27.9. The lowest BCUT2D eigenvalue weighted by Crippen LogP contribution is -2.65. The van der Waals surface area contributed by atoms with Gasteiger partial charge in [-0.2, -0.15) is 4.31 Å². The van der Waals surface area contributed by atoms with E-state index in [-0.39, 0.29) is 11.9 Å². The summed E-state index contributed by atoms with van der Waals surface area (Å²) in [5.41, 5.74) is -1.59. The number of carbonyl (C=O) groups excluding carboxylic acids is 1. The molecular weight excluding hydrogens is 396 g/mol. The topological polar surface area (TPSA) is 86.7 Å². The lowest BCUT2D eigenvalue weighted by molar-refractivity contribution is -0.150. The van der Waals surface area contributed by atoms with E-state index in [2.05, 4.69) is 5.32 Å². The van der Waals surface area contributed by atoms with Crippen molar-refractivity contribution in [3.63, 3.8) is 0 Å². The van der Waals surface area contributed by atoms with Crippen LogP contribution >= 0.6 is 11.3 Å². The summed E-state index contributed by atoms with van der Waals surface area (Å²) in [5, 5.41) is 15.8. The Kier molecular flexibility index (Phi) is 4.26. The molecule has 4 bridgehead atoms. The van der Waals surface area contributed by atoms with Crippen LogP contribution in [0.25, 0.3) is 0 Å². The molecule has 0 spiro atoms. The van der Waals surface area contributed by atoms with Gasteiger partial charge in [-0.3, -0.25) is 4.79 Å². The molecule has 0 aromatic carbocycles. The summed E-state index contributed by atoms with van der Waals surface area (Å²) in [6, 6.07) is 3.40. The number of nitrogens with zero attached hydrogens (tertiary/aromatic N) is 1. The third kappa shape index (κ3) is 2.79. The van der Waals surface area contributed by atoms with Gasteiger partial charge in [0.1, 0.15) is 9.75 Å². The van der Waals surface area contributed by atoms with Crippen molar-refractivity contribution in [3.05, 3.63) is 17.5 Å². The molecule has 6 nitrogen and oxygen atoms in total. The highest BCUT2D eigenvalue weighted by atomic mass is 32.2. The minimum Gasteiger partial charge on any atom is -0.390 e. The number of thiophene rings is 1.